The predicted molar refractivity (Wildman–Crippen MR) is 71.0 cm³/mol. The van der Waals surface area contributed by atoms with E-state index in [1.54, 1.807) is 0 Å². The van der Waals surface area contributed by atoms with Crippen LogP contribution in [0.4, 0.5) is 4.39 Å². The van der Waals surface area contributed by atoms with Crippen molar-refractivity contribution in [1.29, 1.82) is 0 Å². The smallest absolute Gasteiger partial charge is 0.187 e. The van der Waals surface area contributed by atoms with Crippen molar-refractivity contribution in [2.24, 2.45) is 0 Å². The number of aliphatic hydroxyl groups is 6. The molecule has 0 bridgehead atoms. The van der Waals surface area contributed by atoms with Crippen LogP contribution in [0.1, 0.15) is 6.92 Å². The first-order valence-corrected chi connectivity index (χ1v) is 7.35. The zero-order valence-corrected chi connectivity index (χ0v) is 12.5. The number of halogens is 1. The van der Waals surface area contributed by atoms with E-state index in [2.05, 4.69) is 0 Å². The van der Waals surface area contributed by atoms with Crippen LogP contribution in [0.25, 0.3) is 0 Å². The third kappa shape index (κ3) is 3.65. The summed E-state index contributed by atoms with van der Waals surface area (Å²) in [6, 6.07) is 0. The average molecular weight is 342 g/mol. The molecule has 4 unspecified atom stereocenters. The number of hydrogen-bond acceptors (Lipinski definition) is 9. The lowest BCUT2D eigenvalue weighted by Gasteiger charge is -2.45. The van der Waals surface area contributed by atoms with E-state index >= 15 is 0 Å². The van der Waals surface area contributed by atoms with Crippen molar-refractivity contribution in [3.05, 3.63) is 0 Å². The fraction of sp³-hybridized carbons (Fsp3) is 1.00. The highest BCUT2D eigenvalue weighted by Crippen LogP contribution is 2.29. The Morgan fingerprint density at radius 2 is 1.52 bits per heavy atom. The quantitative estimate of drug-likeness (QED) is 0.308. The molecule has 23 heavy (non-hydrogen) atoms. The van der Waals surface area contributed by atoms with E-state index in [0.29, 0.717) is 0 Å². The summed E-state index contributed by atoms with van der Waals surface area (Å²) in [7, 11) is 0. The molecule has 0 aliphatic carbocycles. The summed E-state index contributed by atoms with van der Waals surface area (Å²) in [5.41, 5.74) is 0. The number of aliphatic hydroxyl groups excluding tert-OH is 6. The van der Waals surface area contributed by atoms with Gasteiger partial charge in [-0.1, -0.05) is 0 Å². The van der Waals surface area contributed by atoms with E-state index < -0.39 is 74.5 Å². The second-order valence-corrected chi connectivity index (χ2v) is 5.81. The summed E-state index contributed by atoms with van der Waals surface area (Å²) in [6.45, 7) is -0.172. The monoisotopic (exact) mass is 342 g/mol. The molecule has 0 aromatic rings. The van der Waals surface area contributed by atoms with Crippen LogP contribution in [0, 0.1) is 0 Å². The number of hydrogen-bond donors (Lipinski definition) is 6. The number of rotatable bonds is 4. The fourth-order valence-corrected chi connectivity index (χ4v) is 2.75. The first kappa shape index (κ1) is 18.9. The zero-order valence-electron chi connectivity index (χ0n) is 12.5. The van der Waals surface area contributed by atoms with Crippen LogP contribution in [0.5, 0.6) is 0 Å². The molecule has 2 aliphatic rings. The van der Waals surface area contributed by atoms with Crippen LogP contribution >= 0.6 is 0 Å². The summed E-state index contributed by atoms with van der Waals surface area (Å²) in [6.07, 6.45) is -13.9. The van der Waals surface area contributed by atoms with Gasteiger partial charge >= 0.3 is 0 Å². The third-order valence-corrected chi connectivity index (χ3v) is 4.22. The van der Waals surface area contributed by atoms with Crippen LogP contribution in [-0.4, -0.2) is 105 Å². The lowest BCUT2D eigenvalue weighted by atomic mass is 9.95. The highest BCUT2D eigenvalue weighted by atomic mass is 19.1. The minimum Gasteiger partial charge on any atom is -0.394 e. The first-order chi connectivity index (χ1) is 10.8. The van der Waals surface area contributed by atoms with Crippen molar-refractivity contribution in [1.82, 2.24) is 0 Å². The Kier molecular flexibility index (Phi) is 6.28. The normalized spacial score (nSPS) is 51.7. The molecule has 6 N–H and O–H groups in total. The topological polar surface area (TPSA) is 149 Å². The van der Waals surface area contributed by atoms with E-state index in [4.69, 9.17) is 14.2 Å². The minimum atomic E-state index is -1.72. The Morgan fingerprint density at radius 1 is 0.870 bits per heavy atom. The van der Waals surface area contributed by atoms with Gasteiger partial charge in [-0.05, 0) is 6.92 Å². The lowest BCUT2D eigenvalue weighted by molar-refractivity contribution is -0.339. The summed E-state index contributed by atoms with van der Waals surface area (Å²) >= 11 is 0. The molecular weight excluding hydrogens is 319 g/mol. The van der Waals surface area contributed by atoms with Crippen LogP contribution in [0.3, 0.4) is 0 Å². The SMILES string of the molecule is C[C@@H]1OC(CO)[C@@H](O[C@H]2OC(CF)[C@@H](O)[C@H](O)C2O)C(O)[C@@H]1O. The van der Waals surface area contributed by atoms with Crippen molar-refractivity contribution in [2.75, 3.05) is 13.3 Å². The molecule has 9 nitrogen and oxygen atoms in total. The Morgan fingerprint density at radius 3 is 2.09 bits per heavy atom. The van der Waals surface area contributed by atoms with Gasteiger partial charge in [-0.3, -0.25) is 0 Å². The summed E-state index contributed by atoms with van der Waals surface area (Å²) < 4.78 is 28.5. The molecule has 0 radical (unpaired) electrons. The summed E-state index contributed by atoms with van der Waals surface area (Å²) in [5.74, 6) is 0. The van der Waals surface area contributed by atoms with Gasteiger partial charge in [0.2, 0.25) is 0 Å². The molecule has 0 aromatic carbocycles. The molecule has 2 saturated heterocycles. The average Bonchev–Trinajstić information content (AvgIpc) is 2.55. The van der Waals surface area contributed by atoms with Gasteiger partial charge in [-0.2, -0.15) is 0 Å². The fourth-order valence-electron chi connectivity index (χ4n) is 2.75. The Balaban J connectivity index is 2.11. The Hall–Kier alpha value is -0.430. The van der Waals surface area contributed by atoms with Crippen molar-refractivity contribution in [3.8, 4) is 0 Å². The standard InChI is InChI=1S/C13H23FO9/c1-4-7(16)10(19)12(6(3-15)21-4)23-13-11(20)9(18)8(17)5(2-14)22-13/h4-13,15-20H,2-3H2,1H3/t4-,5?,6?,7+,8+,9-,10?,11?,12+,13+/m0/s1. The van der Waals surface area contributed by atoms with E-state index in [1.807, 2.05) is 0 Å². The Labute approximate surface area is 131 Å². The minimum absolute atomic E-state index is 0.542. The van der Waals surface area contributed by atoms with Gasteiger partial charge in [0.1, 0.15) is 55.5 Å². The molecule has 10 atom stereocenters. The first-order valence-electron chi connectivity index (χ1n) is 7.35. The summed E-state index contributed by atoms with van der Waals surface area (Å²) in [4.78, 5) is 0. The molecule has 10 heteroatoms. The van der Waals surface area contributed by atoms with Crippen LogP contribution in [0.2, 0.25) is 0 Å². The van der Waals surface area contributed by atoms with Gasteiger partial charge in [0, 0.05) is 0 Å². The molecule has 0 aromatic heterocycles. The molecule has 0 saturated carbocycles. The van der Waals surface area contributed by atoms with Crippen LogP contribution < -0.4 is 0 Å². The highest BCUT2D eigenvalue weighted by molar-refractivity contribution is 4.94. The highest BCUT2D eigenvalue weighted by Gasteiger charge is 2.49. The van der Waals surface area contributed by atoms with Gasteiger partial charge in [-0.25, -0.2) is 4.39 Å². The van der Waals surface area contributed by atoms with Gasteiger partial charge in [0.15, 0.2) is 6.29 Å². The summed E-state index contributed by atoms with van der Waals surface area (Å²) in [5, 5.41) is 58.4. The second kappa shape index (κ2) is 7.64. The van der Waals surface area contributed by atoms with Crippen molar-refractivity contribution in [3.63, 3.8) is 0 Å². The predicted octanol–water partition coefficient (Wildman–Crippen LogP) is -3.35. The molecule has 2 rings (SSSR count). The third-order valence-electron chi connectivity index (χ3n) is 4.22. The van der Waals surface area contributed by atoms with Crippen molar-refractivity contribution < 1.29 is 49.2 Å². The van der Waals surface area contributed by atoms with E-state index in [9.17, 15) is 35.0 Å². The zero-order chi connectivity index (χ0) is 17.3. The van der Waals surface area contributed by atoms with Gasteiger partial charge in [0.25, 0.3) is 0 Å². The molecule has 0 amide bonds. The van der Waals surface area contributed by atoms with Gasteiger partial charge < -0.3 is 44.8 Å². The van der Waals surface area contributed by atoms with Gasteiger partial charge in [0.05, 0.1) is 12.7 Å². The molecular formula is C13H23FO9. The molecule has 136 valence electrons. The molecule has 2 aliphatic heterocycles. The van der Waals surface area contributed by atoms with Gasteiger partial charge in [-0.15, -0.1) is 0 Å². The molecule has 2 fully saturated rings. The van der Waals surface area contributed by atoms with Crippen LogP contribution in [0.15, 0.2) is 0 Å². The maximum Gasteiger partial charge on any atom is 0.187 e. The molecule has 0 spiro atoms. The number of ether oxygens (including phenoxy) is 3. The van der Waals surface area contributed by atoms with E-state index in [1.165, 1.54) is 6.92 Å². The maximum absolute atomic E-state index is 12.8. The van der Waals surface area contributed by atoms with Crippen LogP contribution in [-0.2, 0) is 14.2 Å². The largest absolute Gasteiger partial charge is 0.394 e. The van der Waals surface area contributed by atoms with E-state index in [-0.39, 0.29) is 0 Å². The lowest BCUT2D eigenvalue weighted by Crippen LogP contribution is -2.64. The van der Waals surface area contributed by atoms with Crippen molar-refractivity contribution in [2.45, 2.75) is 68.1 Å². The Bertz CT molecular complexity index is 382. The molecule has 2 heterocycles. The second-order valence-electron chi connectivity index (χ2n) is 5.81. The van der Waals surface area contributed by atoms with E-state index in [0.717, 1.165) is 0 Å². The maximum atomic E-state index is 12.8. The van der Waals surface area contributed by atoms with Crippen molar-refractivity contribution >= 4 is 0 Å². The number of alkyl halides is 1.